The summed E-state index contributed by atoms with van der Waals surface area (Å²) in [6.07, 6.45) is 4.72. The lowest BCUT2D eigenvalue weighted by atomic mass is 10.1. The number of pyridine rings is 1. The van der Waals surface area contributed by atoms with Gasteiger partial charge < -0.3 is 4.74 Å². The summed E-state index contributed by atoms with van der Waals surface area (Å²) in [5.74, 6) is 0.855. The Morgan fingerprint density at radius 1 is 0.800 bits per heavy atom. The van der Waals surface area contributed by atoms with Crippen molar-refractivity contribution in [3.8, 4) is 22.9 Å². The Hall–Kier alpha value is -3.72. The van der Waals surface area contributed by atoms with Crippen LogP contribution in [0.15, 0.2) is 96.4 Å². The first-order valence-electron chi connectivity index (χ1n) is 10.3. The van der Waals surface area contributed by atoms with E-state index in [4.69, 9.17) is 27.9 Å². The summed E-state index contributed by atoms with van der Waals surface area (Å²) < 4.78 is 35.0. The van der Waals surface area contributed by atoms with E-state index < -0.39 is 10.0 Å². The van der Waals surface area contributed by atoms with E-state index in [1.54, 1.807) is 42.7 Å². The van der Waals surface area contributed by atoms with Crippen LogP contribution in [-0.4, -0.2) is 23.4 Å². The molecule has 0 saturated heterocycles. The van der Waals surface area contributed by atoms with Crippen LogP contribution in [-0.2, 0) is 10.0 Å². The highest BCUT2D eigenvalue weighted by atomic mass is 35.5. The zero-order chi connectivity index (χ0) is 24.4. The summed E-state index contributed by atoms with van der Waals surface area (Å²) in [6.45, 7) is 0. The fraction of sp³-hybridized carbons (Fsp3) is 0. The van der Waals surface area contributed by atoms with Crippen LogP contribution >= 0.6 is 23.2 Å². The average Bonchev–Trinajstić information content (AvgIpc) is 2.88. The van der Waals surface area contributed by atoms with Gasteiger partial charge in [-0.05, 0) is 42.5 Å². The Kier molecular flexibility index (Phi) is 6.25. The van der Waals surface area contributed by atoms with Crippen molar-refractivity contribution in [2.75, 3.05) is 4.72 Å². The lowest BCUT2D eigenvalue weighted by Gasteiger charge is -2.15. The van der Waals surface area contributed by atoms with Gasteiger partial charge in [-0.3, -0.25) is 4.72 Å². The number of aromatic nitrogens is 3. The second kappa shape index (κ2) is 9.50. The second-order valence-electron chi connectivity index (χ2n) is 7.37. The molecule has 0 bridgehead atoms. The van der Waals surface area contributed by atoms with Crippen molar-refractivity contribution < 1.29 is 13.2 Å². The van der Waals surface area contributed by atoms with E-state index in [2.05, 4.69) is 19.7 Å². The molecule has 0 amide bonds. The molecule has 0 aliphatic heterocycles. The number of hydrogen-bond donors (Lipinski definition) is 1. The topological polar surface area (TPSA) is 94.1 Å². The van der Waals surface area contributed by atoms with Crippen molar-refractivity contribution in [1.82, 2.24) is 15.0 Å². The minimum atomic E-state index is -4.01. The quantitative estimate of drug-likeness (QED) is 0.270. The Labute approximate surface area is 211 Å². The van der Waals surface area contributed by atoms with Crippen LogP contribution in [0.25, 0.3) is 22.0 Å². The fourth-order valence-corrected chi connectivity index (χ4v) is 5.40. The number of benzene rings is 3. The lowest BCUT2D eigenvalue weighted by molar-refractivity contribution is 0.470. The summed E-state index contributed by atoms with van der Waals surface area (Å²) in [6, 6.07) is 20.4. The van der Waals surface area contributed by atoms with E-state index in [9.17, 15) is 8.42 Å². The molecular weight excluding hydrogens is 507 g/mol. The molecule has 0 fully saturated rings. The lowest BCUT2D eigenvalue weighted by Crippen LogP contribution is -2.14. The summed E-state index contributed by atoms with van der Waals surface area (Å²) in [4.78, 5) is 12.5. The molecule has 0 atom stereocenters. The van der Waals surface area contributed by atoms with Gasteiger partial charge in [-0.1, -0.05) is 53.5 Å². The van der Waals surface area contributed by atoms with Crippen molar-refractivity contribution in [2.45, 2.75) is 4.90 Å². The van der Waals surface area contributed by atoms with Crippen LogP contribution in [0.4, 0.5) is 5.69 Å². The molecule has 10 heteroatoms. The SMILES string of the molecule is O=S(=O)(Nc1ccc(Oc2ncccc2-c2ccncn2)c2ccccc12)c1cccc(Cl)c1Cl. The highest BCUT2D eigenvalue weighted by Crippen LogP contribution is 2.38. The predicted molar refractivity (Wildman–Crippen MR) is 137 cm³/mol. The van der Waals surface area contributed by atoms with Gasteiger partial charge >= 0.3 is 0 Å². The average molecular weight is 523 g/mol. The summed E-state index contributed by atoms with van der Waals surface area (Å²) in [5.41, 5.74) is 1.72. The third kappa shape index (κ3) is 4.64. The number of rotatable bonds is 6. The highest BCUT2D eigenvalue weighted by Gasteiger charge is 2.21. The normalized spacial score (nSPS) is 11.4. The van der Waals surface area contributed by atoms with E-state index in [-0.39, 0.29) is 14.9 Å². The molecule has 1 N–H and O–H groups in total. The number of nitrogens with one attached hydrogen (secondary N) is 1. The summed E-state index contributed by atoms with van der Waals surface area (Å²) >= 11 is 12.2. The molecular formula is C25H16Cl2N4O3S. The maximum Gasteiger partial charge on any atom is 0.263 e. The van der Waals surface area contributed by atoms with Crippen LogP contribution in [0.5, 0.6) is 11.6 Å². The zero-order valence-corrected chi connectivity index (χ0v) is 20.2. The van der Waals surface area contributed by atoms with Crippen LogP contribution in [0.1, 0.15) is 0 Å². The largest absolute Gasteiger partial charge is 0.438 e. The summed E-state index contributed by atoms with van der Waals surface area (Å²) in [5, 5.41) is 1.42. The van der Waals surface area contributed by atoms with Crippen molar-refractivity contribution in [2.24, 2.45) is 0 Å². The van der Waals surface area contributed by atoms with Gasteiger partial charge in [-0.25, -0.2) is 23.4 Å². The zero-order valence-electron chi connectivity index (χ0n) is 17.9. The van der Waals surface area contributed by atoms with E-state index in [0.717, 1.165) is 0 Å². The van der Waals surface area contributed by atoms with Gasteiger partial charge in [0.25, 0.3) is 10.0 Å². The van der Waals surface area contributed by atoms with E-state index in [1.807, 2.05) is 24.3 Å². The highest BCUT2D eigenvalue weighted by molar-refractivity contribution is 7.92. The van der Waals surface area contributed by atoms with Crippen LogP contribution in [0, 0.1) is 0 Å². The predicted octanol–water partition coefficient (Wildman–Crippen LogP) is 6.59. The molecule has 5 rings (SSSR count). The second-order valence-corrected chi connectivity index (χ2v) is 9.80. The van der Waals surface area contributed by atoms with Crippen LogP contribution < -0.4 is 9.46 Å². The molecule has 5 aromatic rings. The molecule has 0 saturated carbocycles. The van der Waals surface area contributed by atoms with Gasteiger partial charge in [0.05, 0.1) is 27.0 Å². The number of anilines is 1. The van der Waals surface area contributed by atoms with Crippen molar-refractivity contribution in [3.05, 3.63) is 102 Å². The molecule has 174 valence electrons. The minimum absolute atomic E-state index is 0.0432. The molecule has 0 aliphatic carbocycles. The summed E-state index contributed by atoms with van der Waals surface area (Å²) in [7, 11) is -4.01. The number of halogens is 2. The third-order valence-electron chi connectivity index (χ3n) is 5.17. The van der Waals surface area contributed by atoms with Crippen LogP contribution in [0.3, 0.4) is 0 Å². The molecule has 2 aromatic heterocycles. The number of nitrogens with zero attached hydrogens (tertiary/aromatic N) is 3. The van der Waals surface area contributed by atoms with Gasteiger partial charge in [0.2, 0.25) is 5.88 Å². The minimum Gasteiger partial charge on any atom is -0.438 e. The van der Waals surface area contributed by atoms with Crippen molar-refractivity contribution >= 4 is 49.7 Å². The molecule has 0 unspecified atom stereocenters. The first kappa shape index (κ1) is 23.0. The van der Waals surface area contributed by atoms with E-state index in [0.29, 0.717) is 39.3 Å². The Bertz CT molecular complexity index is 1650. The molecule has 0 aliphatic rings. The van der Waals surface area contributed by atoms with E-state index >= 15 is 0 Å². The maximum absolute atomic E-state index is 13.1. The first-order chi connectivity index (χ1) is 16.9. The monoisotopic (exact) mass is 522 g/mol. The molecule has 3 aromatic carbocycles. The Morgan fingerprint density at radius 2 is 1.63 bits per heavy atom. The van der Waals surface area contributed by atoms with Gasteiger partial charge in [0.1, 0.15) is 17.0 Å². The van der Waals surface area contributed by atoms with Gasteiger partial charge in [-0.2, -0.15) is 0 Å². The maximum atomic E-state index is 13.1. The standard InChI is InChI=1S/C25H16Cl2N4O3S/c26-19-8-3-9-23(24(19)27)35(32,33)31-21-10-11-22(17-6-2-1-5-16(17)21)34-25-18(7-4-13-29-25)20-12-14-28-15-30-20/h1-15,31H. The van der Waals surface area contributed by atoms with Gasteiger partial charge in [0.15, 0.2) is 0 Å². The molecule has 0 radical (unpaired) electrons. The third-order valence-corrected chi connectivity index (χ3v) is 7.51. The number of hydrogen-bond acceptors (Lipinski definition) is 6. The van der Waals surface area contributed by atoms with Gasteiger partial charge in [0, 0.05) is 23.2 Å². The van der Waals surface area contributed by atoms with Gasteiger partial charge in [-0.15, -0.1) is 0 Å². The molecule has 35 heavy (non-hydrogen) atoms. The smallest absolute Gasteiger partial charge is 0.263 e. The number of ether oxygens (including phenoxy) is 1. The molecule has 2 heterocycles. The molecule has 7 nitrogen and oxygen atoms in total. The van der Waals surface area contributed by atoms with E-state index in [1.165, 1.54) is 24.5 Å². The Morgan fingerprint density at radius 3 is 2.43 bits per heavy atom. The first-order valence-corrected chi connectivity index (χ1v) is 12.6. The van der Waals surface area contributed by atoms with Crippen molar-refractivity contribution in [1.29, 1.82) is 0 Å². The van der Waals surface area contributed by atoms with Crippen LogP contribution in [0.2, 0.25) is 10.0 Å². The number of sulfonamides is 1. The fourth-order valence-electron chi connectivity index (χ4n) is 3.56. The number of fused-ring (bicyclic) bond motifs is 1. The Balaban J connectivity index is 1.55. The molecule has 0 spiro atoms. The van der Waals surface area contributed by atoms with Crippen molar-refractivity contribution in [3.63, 3.8) is 0 Å².